The minimum absolute atomic E-state index is 0.0903. The highest BCUT2D eigenvalue weighted by atomic mass is 32.2. The number of benzene rings is 2. The van der Waals surface area contributed by atoms with E-state index in [0.29, 0.717) is 33.7 Å². The maximum absolute atomic E-state index is 13.0. The van der Waals surface area contributed by atoms with Gasteiger partial charge in [0.2, 0.25) is 6.17 Å². The molecule has 0 bridgehead atoms. The van der Waals surface area contributed by atoms with Gasteiger partial charge < -0.3 is 14.2 Å². The summed E-state index contributed by atoms with van der Waals surface area (Å²) in [5, 5.41) is 4.79. The molecule has 2 aromatic rings. The summed E-state index contributed by atoms with van der Waals surface area (Å²) in [5.74, 6) is 1.58. The number of methoxy groups -OCH3 is 3. The van der Waals surface area contributed by atoms with Crippen LogP contribution in [0.1, 0.15) is 10.4 Å². The van der Waals surface area contributed by atoms with Gasteiger partial charge in [0.05, 0.1) is 32.8 Å². The van der Waals surface area contributed by atoms with Crippen LogP contribution in [-0.4, -0.2) is 55.0 Å². The number of amidine groups is 1. The predicted molar refractivity (Wildman–Crippen MR) is 122 cm³/mol. The molecule has 0 saturated heterocycles. The molecule has 2 aliphatic rings. The number of hydrogen-bond donors (Lipinski definition) is 1. The van der Waals surface area contributed by atoms with E-state index in [0.717, 1.165) is 0 Å². The molecule has 0 spiro atoms. The fraction of sp³-hybridized carbons (Fsp3) is 0.227. The van der Waals surface area contributed by atoms with Crippen molar-refractivity contribution >= 4 is 34.3 Å². The molecule has 1 unspecified atom stereocenters. The minimum atomic E-state index is -0.676. The molecule has 9 nitrogen and oxygen atoms in total. The zero-order valence-electron chi connectivity index (χ0n) is 17.8. The third kappa shape index (κ3) is 4.09. The Labute approximate surface area is 189 Å². The van der Waals surface area contributed by atoms with Gasteiger partial charge in [0, 0.05) is 24.0 Å². The fourth-order valence-electron chi connectivity index (χ4n) is 3.32. The summed E-state index contributed by atoms with van der Waals surface area (Å²) in [5.41, 5.74) is 4.05. The highest BCUT2D eigenvalue weighted by Gasteiger charge is 2.38. The van der Waals surface area contributed by atoms with Crippen molar-refractivity contribution in [3.63, 3.8) is 0 Å². The predicted octanol–water partition coefficient (Wildman–Crippen LogP) is 2.65. The number of nitrogens with zero attached hydrogens (tertiary/aromatic N) is 3. The Balaban J connectivity index is 1.43. The zero-order valence-corrected chi connectivity index (χ0v) is 18.6. The number of anilines is 1. The number of thioether (sulfide) groups is 1. The number of hydrazone groups is 1. The highest BCUT2D eigenvalue weighted by Crippen LogP contribution is 2.30. The molecule has 2 heterocycles. The third-order valence-corrected chi connectivity index (χ3v) is 5.97. The number of fused-ring (bicyclic) bond motifs is 1. The van der Waals surface area contributed by atoms with Crippen LogP contribution in [0.5, 0.6) is 17.2 Å². The molecular formula is C22H22N4O5S. The summed E-state index contributed by atoms with van der Waals surface area (Å²) in [6, 6.07) is 12.3. The summed E-state index contributed by atoms with van der Waals surface area (Å²) in [4.78, 5) is 28.9. The van der Waals surface area contributed by atoms with Crippen LogP contribution >= 0.6 is 11.8 Å². The number of ether oxygens (including phenoxy) is 3. The van der Waals surface area contributed by atoms with Crippen molar-refractivity contribution < 1.29 is 23.8 Å². The molecule has 4 rings (SSSR count). The number of carbonyl (C=O) groups is 2. The lowest BCUT2D eigenvalue weighted by atomic mass is 10.1. The van der Waals surface area contributed by atoms with Crippen LogP contribution in [0.3, 0.4) is 0 Å². The van der Waals surface area contributed by atoms with Crippen molar-refractivity contribution in [1.29, 1.82) is 0 Å². The quantitative estimate of drug-likeness (QED) is 0.639. The average molecular weight is 455 g/mol. The van der Waals surface area contributed by atoms with Crippen LogP contribution in [0.25, 0.3) is 0 Å². The molecule has 1 N–H and O–H groups in total. The van der Waals surface area contributed by atoms with Gasteiger partial charge in [-0.15, -0.1) is 0 Å². The molecule has 0 saturated carbocycles. The summed E-state index contributed by atoms with van der Waals surface area (Å²) < 4.78 is 15.7. The van der Waals surface area contributed by atoms with Crippen molar-refractivity contribution in [2.75, 3.05) is 32.0 Å². The number of nitrogens with one attached hydrogen (secondary N) is 1. The first kappa shape index (κ1) is 21.6. The number of hydrogen-bond acceptors (Lipinski definition) is 9. The van der Waals surface area contributed by atoms with E-state index in [-0.39, 0.29) is 17.4 Å². The summed E-state index contributed by atoms with van der Waals surface area (Å²) in [6.45, 7) is 0. The number of carbonyl (C=O) groups excluding carboxylic acids is 2. The summed E-state index contributed by atoms with van der Waals surface area (Å²) in [7, 11) is 4.64. The van der Waals surface area contributed by atoms with Gasteiger partial charge in [0.1, 0.15) is 5.75 Å². The molecule has 166 valence electrons. The van der Waals surface area contributed by atoms with Crippen LogP contribution in [0.2, 0.25) is 0 Å². The van der Waals surface area contributed by atoms with Gasteiger partial charge in [-0.05, 0) is 30.3 Å². The number of ketones is 1. The standard InChI is InChI=1S/C22H22N4O5S/c1-29-16-6-4-5-15(12-16)25-9-10-26-20(21(25)28)23-24-22(26)32-13-17(27)14-7-8-18(30-2)19(11-14)31-3/h4-12,20,23H,13H2,1-3H3. The van der Waals surface area contributed by atoms with Crippen LogP contribution in [0.4, 0.5) is 5.69 Å². The first-order chi connectivity index (χ1) is 15.5. The Kier molecular flexibility index (Phi) is 6.22. The molecular weight excluding hydrogens is 432 g/mol. The second kappa shape index (κ2) is 9.23. The number of amides is 1. The molecule has 1 atom stereocenters. The Morgan fingerprint density at radius 3 is 2.62 bits per heavy atom. The maximum atomic E-state index is 13.0. The van der Waals surface area contributed by atoms with E-state index in [1.165, 1.54) is 23.8 Å². The van der Waals surface area contributed by atoms with Crippen molar-refractivity contribution in [3.05, 3.63) is 60.4 Å². The van der Waals surface area contributed by atoms with Gasteiger partial charge in [-0.2, -0.15) is 5.10 Å². The Bertz CT molecular complexity index is 1100. The van der Waals surface area contributed by atoms with E-state index in [1.807, 2.05) is 18.2 Å². The Morgan fingerprint density at radius 2 is 1.88 bits per heavy atom. The first-order valence-corrected chi connectivity index (χ1v) is 10.7. The zero-order chi connectivity index (χ0) is 22.7. The molecule has 2 aromatic carbocycles. The van der Waals surface area contributed by atoms with Crippen molar-refractivity contribution in [3.8, 4) is 17.2 Å². The largest absolute Gasteiger partial charge is 0.497 e. The lowest BCUT2D eigenvalue weighted by Gasteiger charge is -2.32. The SMILES string of the molecule is COc1cccc(N2C=CN3C(SCC(=O)c4ccc(OC)c(OC)c4)=NNC3C2=O)c1. The minimum Gasteiger partial charge on any atom is -0.497 e. The average Bonchev–Trinajstić information content (AvgIpc) is 3.26. The smallest absolute Gasteiger partial charge is 0.276 e. The maximum Gasteiger partial charge on any atom is 0.276 e. The Morgan fingerprint density at radius 1 is 1.06 bits per heavy atom. The molecule has 0 radical (unpaired) electrons. The van der Waals surface area contributed by atoms with Gasteiger partial charge in [-0.1, -0.05) is 17.8 Å². The molecule has 0 fully saturated rings. The van der Waals surface area contributed by atoms with Crippen LogP contribution < -0.4 is 24.5 Å². The van der Waals surface area contributed by atoms with Crippen molar-refractivity contribution in [1.82, 2.24) is 10.3 Å². The first-order valence-electron chi connectivity index (χ1n) is 9.70. The van der Waals surface area contributed by atoms with Crippen LogP contribution in [0, 0.1) is 0 Å². The van der Waals surface area contributed by atoms with E-state index < -0.39 is 6.17 Å². The van der Waals surface area contributed by atoms with Crippen molar-refractivity contribution in [2.45, 2.75) is 6.17 Å². The monoisotopic (exact) mass is 454 g/mol. The molecule has 1 amide bonds. The normalized spacial score (nSPS) is 16.9. The van der Waals surface area contributed by atoms with Gasteiger partial charge >= 0.3 is 0 Å². The van der Waals surface area contributed by atoms with Crippen LogP contribution in [0.15, 0.2) is 60.0 Å². The Hall–Kier alpha value is -3.66. The van der Waals surface area contributed by atoms with E-state index in [1.54, 1.807) is 55.8 Å². The highest BCUT2D eigenvalue weighted by molar-refractivity contribution is 8.14. The summed E-state index contributed by atoms with van der Waals surface area (Å²) >= 11 is 1.25. The number of rotatable bonds is 7. The second-order valence-electron chi connectivity index (χ2n) is 6.82. The van der Waals surface area contributed by atoms with E-state index in [2.05, 4.69) is 10.5 Å². The molecule has 2 aliphatic heterocycles. The number of Topliss-reactive ketones (excluding diaryl/α,β-unsaturated/α-hetero) is 1. The third-order valence-electron chi connectivity index (χ3n) is 5.00. The molecule has 10 heteroatoms. The van der Waals surface area contributed by atoms with Gasteiger partial charge in [-0.25, -0.2) is 0 Å². The van der Waals surface area contributed by atoms with E-state index in [9.17, 15) is 9.59 Å². The molecule has 0 aliphatic carbocycles. The summed E-state index contributed by atoms with van der Waals surface area (Å²) in [6.07, 6.45) is 2.76. The van der Waals surface area contributed by atoms with E-state index >= 15 is 0 Å². The lowest BCUT2D eigenvalue weighted by Crippen LogP contribution is -2.52. The van der Waals surface area contributed by atoms with Gasteiger partial charge in [0.15, 0.2) is 22.4 Å². The van der Waals surface area contributed by atoms with Gasteiger partial charge in [0.25, 0.3) is 5.91 Å². The topological polar surface area (TPSA) is 92.7 Å². The van der Waals surface area contributed by atoms with E-state index in [4.69, 9.17) is 14.2 Å². The lowest BCUT2D eigenvalue weighted by molar-refractivity contribution is -0.122. The fourth-order valence-corrected chi connectivity index (χ4v) is 4.18. The second-order valence-corrected chi connectivity index (χ2v) is 7.77. The molecule has 0 aromatic heterocycles. The van der Waals surface area contributed by atoms with Crippen molar-refractivity contribution in [2.24, 2.45) is 5.10 Å². The van der Waals surface area contributed by atoms with Crippen LogP contribution in [-0.2, 0) is 4.79 Å². The van der Waals surface area contributed by atoms with Gasteiger partial charge in [-0.3, -0.25) is 24.8 Å². The molecule has 32 heavy (non-hydrogen) atoms.